The summed E-state index contributed by atoms with van der Waals surface area (Å²) in [5.41, 5.74) is 1.09. The van der Waals surface area contributed by atoms with Gasteiger partial charge in [0, 0.05) is 19.0 Å². The predicted molar refractivity (Wildman–Crippen MR) is 160 cm³/mol. The first-order valence-electron chi connectivity index (χ1n) is 14.2. The molecule has 3 aromatic carbocycles. The Kier molecular flexibility index (Phi) is 10.2. The second kappa shape index (κ2) is 13.6. The maximum absolute atomic E-state index is 14.2. The molecule has 230 valence electrons. The summed E-state index contributed by atoms with van der Waals surface area (Å²) in [4.78, 5) is 29.4. The van der Waals surface area contributed by atoms with Crippen molar-refractivity contribution < 1.29 is 31.2 Å². The highest BCUT2D eigenvalue weighted by Crippen LogP contribution is 2.32. The van der Waals surface area contributed by atoms with Gasteiger partial charge < -0.3 is 10.2 Å². The number of sulfonamides is 1. The van der Waals surface area contributed by atoms with Gasteiger partial charge in [0.1, 0.15) is 12.6 Å². The minimum Gasteiger partial charge on any atom is -0.352 e. The molecular weight excluding hydrogens is 579 g/mol. The van der Waals surface area contributed by atoms with Crippen LogP contribution in [-0.2, 0) is 38.8 Å². The lowest BCUT2D eigenvalue weighted by Gasteiger charge is -2.34. The summed E-state index contributed by atoms with van der Waals surface area (Å²) in [6, 6.07) is 19.3. The van der Waals surface area contributed by atoms with E-state index in [1.165, 1.54) is 11.0 Å². The van der Waals surface area contributed by atoms with E-state index in [2.05, 4.69) is 5.32 Å². The number of hydrogen-bond donors (Lipinski definition) is 1. The molecule has 1 aliphatic rings. The molecule has 1 aliphatic carbocycles. The zero-order valence-corrected chi connectivity index (χ0v) is 25.0. The first kappa shape index (κ1) is 32.1. The standard InChI is InChI=1S/C32H36F3N3O4S/c1-23-11-6-7-14-25(23)21-37(29(19-24-12-4-3-5-13-24)31(40)36-27-16-8-9-17-27)30(39)22-38(43(2,41)42)28-18-10-15-26(20-28)32(33,34)35/h3-7,10-15,18,20,27,29H,8-9,16-17,19,21-22H2,1-2H3,(H,36,40)/t29-/m1/s1. The predicted octanol–water partition coefficient (Wildman–Crippen LogP) is 5.48. The van der Waals surface area contributed by atoms with Gasteiger partial charge in [0.15, 0.2) is 0 Å². The minimum atomic E-state index is -4.71. The van der Waals surface area contributed by atoms with Crippen LogP contribution in [0.5, 0.6) is 0 Å². The van der Waals surface area contributed by atoms with Crippen LogP contribution in [0.2, 0.25) is 0 Å². The Morgan fingerprint density at radius 2 is 1.60 bits per heavy atom. The van der Waals surface area contributed by atoms with Crippen molar-refractivity contribution in [3.63, 3.8) is 0 Å². The van der Waals surface area contributed by atoms with Gasteiger partial charge in [-0.25, -0.2) is 8.42 Å². The number of halogens is 3. The van der Waals surface area contributed by atoms with Crippen LogP contribution in [0.1, 0.15) is 47.9 Å². The molecule has 1 fully saturated rings. The topological polar surface area (TPSA) is 86.8 Å². The van der Waals surface area contributed by atoms with E-state index in [0.717, 1.165) is 60.8 Å². The van der Waals surface area contributed by atoms with Gasteiger partial charge in [-0.15, -0.1) is 0 Å². The molecule has 0 radical (unpaired) electrons. The Hall–Kier alpha value is -3.86. The van der Waals surface area contributed by atoms with Gasteiger partial charge in [0.25, 0.3) is 0 Å². The number of benzene rings is 3. The van der Waals surface area contributed by atoms with E-state index in [9.17, 15) is 31.2 Å². The summed E-state index contributed by atoms with van der Waals surface area (Å²) < 4.78 is 66.9. The maximum atomic E-state index is 14.2. The van der Waals surface area contributed by atoms with Crippen molar-refractivity contribution >= 4 is 27.5 Å². The molecule has 3 aromatic rings. The van der Waals surface area contributed by atoms with Gasteiger partial charge in [0.05, 0.1) is 17.5 Å². The Balaban J connectivity index is 1.75. The van der Waals surface area contributed by atoms with Crippen LogP contribution in [0.25, 0.3) is 0 Å². The van der Waals surface area contributed by atoms with Crippen LogP contribution >= 0.6 is 0 Å². The summed E-state index contributed by atoms with van der Waals surface area (Å²) in [6.07, 6.45) is -0.0834. The fourth-order valence-corrected chi connectivity index (χ4v) is 6.19. The zero-order chi connectivity index (χ0) is 31.2. The third-order valence-electron chi connectivity index (χ3n) is 7.72. The Morgan fingerprint density at radius 3 is 2.23 bits per heavy atom. The number of nitrogens with zero attached hydrogens (tertiary/aromatic N) is 2. The molecule has 1 N–H and O–H groups in total. The molecule has 1 saturated carbocycles. The fraction of sp³-hybridized carbons (Fsp3) is 0.375. The highest BCUT2D eigenvalue weighted by molar-refractivity contribution is 7.92. The first-order valence-corrected chi connectivity index (χ1v) is 16.0. The van der Waals surface area contributed by atoms with E-state index >= 15 is 0 Å². The molecule has 4 rings (SSSR count). The number of rotatable bonds is 11. The van der Waals surface area contributed by atoms with Gasteiger partial charge in [0.2, 0.25) is 21.8 Å². The molecule has 0 saturated heterocycles. The van der Waals surface area contributed by atoms with Gasteiger partial charge >= 0.3 is 6.18 Å². The normalized spacial score (nSPS) is 14.7. The van der Waals surface area contributed by atoms with Crippen molar-refractivity contribution in [2.24, 2.45) is 0 Å². The number of hydrogen-bond acceptors (Lipinski definition) is 4. The van der Waals surface area contributed by atoms with Crippen molar-refractivity contribution in [3.8, 4) is 0 Å². The van der Waals surface area contributed by atoms with E-state index in [4.69, 9.17) is 0 Å². The SMILES string of the molecule is Cc1ccccc1CN(C(=O)CN(c1cccc(C(F)(F)F)c1)S(C)(=O)=O)[C@H](Cc1ccccc1)C(=O)NC1CCCC1. The van der Waals surface area contributed by atoms with Crippen LogP contribution in [0.15, 0.2) is 78.9 Å². The minimum absolute atomic E-state index is 0.00128. The fourth-order valence-electron chi connectivity index (χ4n) is 5.34. The van der Waals surface area contributed by atoms with Crippen molar-refractivity contribution in [3.05, 3.63) is 101 Å². The second-order valence-corrected chi connectivity index (χ2v) is 12.9. The van der Waals surface area contributed by atoms with Crippen LogP contribution in [0, 0.1) is 6.92 Å². The number of amides is 2. The monoisotopic (exact) mass is 615 g/mol. The van der Waals surface area contributed by atoms with Crippen molar-refractivity contribution in [1.29, 1.82) is 0 Å². The highest BCUT2D eigenvalue weighted by atomic mass is 32.2. The number of anilines is 1. The van der Waals surface area contributed by atoms with Crippen molar-refractivity contribution in [2.45, 2.75) is 63.8 Å². The molecule has 11 heteroatoms. The Morgan fingerprint density at radius 1 is 0.953 bits per heavy atom. The molecule has 43 heavy (non-hydrogen) atoms. The lowest BCUT2D eigenvalue weighted by atomic mass is 10.0. The van der Waals surface area contributed by atoms with Crippen molar-refractivity contribution in [1.82, 2.24) is 10.2 Å². The lowest BCUT2D eigenvalue weighted by molar-refractivity contribution is -0.140. The van der Waals surface area contributed by atoms with E-state index in [1.54, 1.807) is 6.07 Å². The molecule has 0 bridgehead atoms. The molecule has 1 atom stereocenters. The third-order valence-corrected chi connectivity index (χ3v) is 8.86. The lowest BCUT2D eigenvalue weighted by Crippen LogP contribution is -2.54. The molecule has 7 nitrogen and oxygen atoms in total. The van der Waals surface area contributed by atoms with Gasteiger partial charge in [-0.05, 0) is 54.7 Å². The quantitative estimate of drug-likeness (QED) is 0.310. The zero-order valence-electron chi connectivity index (χ0n) is 24.2. The average molecular weight is 616 g/mol. The molecular formula is C32H36F3N3O4S. The summed E-state index contributed by atoms with van der Waals surface area (Å²) in [5, 5.41) is 3.08. The summed E-state index contributed by atoms with van der Waals surface area (Å²) >= 11 is 0. The smallest absolute Gasteiger partial charge is 0.352 e. The number of carbonyl (C=O) groups excluding carboxylic acids is 2. The summed E-state index contributed by atoms with van der Waals surface area (Å²) in [6.45, 7) is 1.09. The molecule has 0 aliphatic heterocycles. The third kappa shape index (κ3) is 8.59. The van der Waals surface area contributed by atoms with Crippen molar-refractivity contribution in [2.75, 3.05) is 17.1 Å². The number of alkyl halides is 3. The van der Waals surface area contributed by atoms with Gasteiger partial charge in [-0.2, -0.15) is 13.2 Å². The van der Waals surface area contributed by atoms with E-state index < -0.39 is 40.3 Å². The van der Waals surface area contributed by atoms with Crippen LogP contribution in [-0.4, -0.2) is 50.0 Å². The van der Waals surface area contributed by atoms with E-state index in [0.29, 0.717) is 10.4 Å². The Bertz CT molecular complexity index is 1520. The van der Waals surface area contributed by atoms with Gasteiger partial charge in [-0.3, -0.25) is 13.9 Å². The average Bonchev–Trinajstić information content (AvgIpc) is 3.47. The summed E-state index contributed by atoms with van der Waals surface area (Å²) in [5.74, 6) is -1.07. The summed E-state index contributed by atoms with van der Waals surface area (Å²) in [7, 11) is -4.20. The highest BCUT2D eigenvalue weighted by Gasteiger charge is 2.36. The van der Waals surface area contributed by atoms with Gasteiger partial charge in [-0.1, -0.05) is 73.5 Å². The Labute approximate surface area is 250 Å². The largest absolute Gasteiger partial charge is 0.416 e. The molecule has 0 heterocycles. The number of carbonyl (C=O) groups is 2. The molecule has 0 spiro atoms. The maximum Gasteiger partial charge on any atom is 0.416 e. The first-order chi connectivity index (χ1) is 20.3. The van der Waals surface area contributed by atoms with E-state index in [1.807, 2.05) is 55.5 Å². The second-order valence-electron chi connectivity index (χ2n) is 11.0. The molecule has 0 unspecified atom stereocenters. The van der Waals surface area contributed by atoms with Crippen LogP contribution < -0.4 is 9.62 Å². The van der Waals surface area contributed by atoms with Crippen LogP contribution in [0.3, 0.4) is 0 Å². The number of aryl methyl sites for hydroxylation is 1. The molecule has 2 amide bonds. The molecule has 0 aromatic heterocycles. The van der Waals surface area contributed by atoms with E-state index in [-0.39, 0.29) is 30.6 Å². The van der Waals surface area contributed by atoms with Crippen LogP contribution in [0.4, 0.5) is 18.9 Å². The number of nitrogens with one attached hydrogen (secondary N) is 1.